The van der Waals surface area contributed by atoms with Crippen LogP contribution in [-0.2, 0) is 0 Å². The summed E-state index contributed by atoms with van der Waals surface area (Å²) in [6.45, 7) is 1.79. The Morgan fingerprint density at radius 1 is 1.62 bits per heavy atom. The molecule has 0 unspecified atom stereocenters. The summed E-state index contributed by atoms with van der Waals surface area (Å²) in [5.74, 6) is 4.74. The topological polar surface area (TPSA) is 71.2 Å². The number of rotatable bonds is 2. The smallest absolute Gasteiger partial charge is 0.277 e. The van der Waals surface area contributed by atoms with Crippen molar-refractivity contribution in [3.8, 4) is 0 Å². The van der Waals surface area contributed by atoms with E-state index in [2.05, 4.69) is 10.4 Å². The second-order valence-electron chi connectivity index (χ2n) is 2.78. The van der Waals surface area contributed by atoms with Crippen molar-refractivity contribution in [2.45, 2.75) is 6.92 Å². The van der Waals surface area contributed by atoms with E-state index in [1.807, 2.05) is 19.0 Å². The third kappa shape index (κ3) is 1.96. The van der Waals surface area contributed by atoms with Gasteiger partial charge in [-0.15, -0.1) is 0 Å². The van der Waals surface area contributed by atoms with Gasteiger partial charge in [-0.3, -0.25) is 10.2 Å². The first-order valence-corrected chi connectivity index (χ1v) is 4.53. The number of nitrogens with two attached hydrogens (primary N) is 1. The van der Waals surface area contributed by atoms with E-state index in [0.717, 1.165) is 5.13 Å². The highest BCUT2D eigenvalue weighted by molar-refractivity contribution is 7.17. The predicted molar refractivity (Wildman–Crippen MR) is 52.8 cm³/mol. The molecular weight excluding hydrogens is 188 g/mol. The van der Waals surface area contributed by atoms with Crippen molar-refractivity contribution in [1.29, 1.82) is 0 Å². The standard InChI is InChI=1S/C7H12N4OS/c1-4-5(6(12)10-8)13-7(9-4)11(2)3/h8H2,1-3H3,(H,10,12). The van der Waals surface area contributed by atoms with Gasteiger partial charge in [0.2, 0.25) is 0 Å². The summed E-state index contributed by atoms with van der Waals surface area (Å²) in [5.41, 5.74) is 2.79. The summed E-state index contributed by atoms with van der Waals surface area (Å²) in [4.78, 5) is 17.8. The SMILES string of the molecule is Cc1nc(N(C)C)sc1C(=O)NN. The van der Waals surface area contributed by atoms with Gasteiger partial charge in [-0.1, -0.05) is 11.3 Å². The van der Waals surface area contributed by atoms with E-state index < -0.39 is 0 Å². The number of hydrazine groups is 1. The number of hydrogen-bond donors (Lipinski definition) is 2. The van der Waals surface area contributed by atoms with Crippen molar-refractivity contribution >= 4 is 22.4 Å². The van der Waals surface area contributed by atoms with Crippen LogP contribution in [0.3, 0.4) is 0 Å². The molecule has 0 spiro atoms. The predicted octanol–water partition coefficient (Wildman–Crippen LogP) is 0.121. The second kappa shape index (κ2) is 3.71. The molecule has 0 radical (unpaired) electrons. The van der Waals surface area contributed by atoms with Crippen LogP contribution in [-0.4, -0.2) is 25.0 Å². The van der Waals surface area contributed by atoms with Gasteiger partial charge < -0.3 is 4.90 Å². The molecular formula is C7H12N4OS. The van der Waals surface area contributed by atoms with Crippen molar-refractivity contribution in [3.05, 3.63) is 10.6 Å². The molecule has 1 aromatic heterocycles. The van der Waals surface area contributed by atoms with Crippen molar-refractivity contribution in [1.82, 2.24) is 10.4 Å². The quantitative estimate of drug-likeness (QED) is 0.404. The number of nitrogen functional groups attached to an aromatic ring is 1. The number of anilines is 1. The van der Waals surface area contributed by atoms with Gasteiger partial charge in [0.1, 0.15) is 4.88 Å². The van der Waals surface area contributed by atoms with Crippen LogP contribution in [0.5, 0.6) is 0 Å². The van der Waals surface area contributed by atoms with Crippen molar-refractivity contribution in [2.24, 2.45) is 5.84 Å². The Bertz CT molecular complexity index is 320. The fourth-order valence-electron chi connectivity index (χ4n) is 0.850. The van der Waals surface area contributed by atoms with Crippen LogP contribution in [0.2, 0.25) is 0 Å². The Balaban J connectivity index is 3.03. The molecule has 0 saturated carbocycles. The van der Waals surface area contributed by atoms with Crippen LogP contribution in [0.15, 0.2) is 0 Å². The van der Waals surface area contributed by atoms with Gasteiger partial charge in [0.25, 0.3) is 5.91 Å². The molecule has 1 aromatic rings. The molecule has 0 fully saturated rings. The summed E-state index contributed by atoms with van der Waals surface area (Å²) in [5, 5.41) is 0.802. The minimum absolute atomic E-state index is 0.289. The molecule has 0 aliphatic carbocycles. The van der Waals surface area contributed by atoms with Gasteiger partial charge in [0.15, 0.2) is 5.13 Å². The Morgan fingerprint density at radius 3 is 2.62 bits per heavy atom. The number of carbonyl (C=O) groups excluding carboxylic acids is 1. The minimum Gasteiger partial charge on any atom is -0.354 e. The summed E-state index contributed by atoms with van der Waals surface area (Å²) in [6.07, 6.45) is 0. The molecule has 0 bridgehead atoms. The van der Waals surface area contributed by atoms with Gasteiger partial charge in [0, 0.05) is 14.1 Å². The molecule has 0 aliphatic heterocycles. The highest BCUT2D eigenvalue weighted by atomic mass is 32.1. The third-order valence-electron chi connectivity index (χ3n) is 1.51. The number of aryl methyl sites for hydroxylation is 1. The van der Waals surface area contributed by atoms with Crippen LogP contribution in [0.1, 0.15) is 15.4 Å². The van der Waals surface area contributed by atoms with Crippen molar-refractivity contribution in [3.63, 3.8) is 0 Å². The number of nitrogens with zero attached hydrogens (tertiary/aromatic N) is 2. The zero-order chi connectivity index (χ0) is 10.0. The Morgan fingerprint density at radius 2 is 2.23 bits per heavy atom. The molecule has 1 rings (SSSR count). The van der Waals surface area contributed by atoms with Gasteiger partial charge in [-0.25, -0.2) is 10.8 Å². The maximum atomic E-state index is 11.2. The number of aromatic nitrogens is 1. The number of amides is 1. The first-order chi connectivity index (χ1) is 6.06. The lowest BCUT2D eigenvalue weighted by Crippen LogP contribution is -2.29. The van der Waals surface area contributed by atoms with Crippen molar-refractivity contribution < 1.29 is 4.79 Å². The van der Waals surface area contributed by atoms with Gasteiger partial charge in [-0.2, -0.15) is 0 Å². The maximum absolute atomic E-state index is 11.2. The fourth-order valence-corrected chi connectivity index (χ4v) is 1.74. The molecule has 1 heterocycles. The van der Waals surface area contributed by atoms with E-state index in [4.69, 9.17) is 5.84 Å². The van der Waals surface area contributed by atoms with E-state index in [9.17, 15) is 4.79 Å². The van der Waals surface area contributed by atoms with E-state index in [1.54, 1.807) is 6.92 Å². The summed E-state index contributed by atoms with van der Waals surface area (Å²) < 4.78 is 0. The zero-order valence-corrected chi connectivity index (χ0v) is 8.60. The molecule has 0 saturated heterocycles. The number of hydrogen-bond acceptors (Lipinski definition) is 5. The van der Waals surface area contributed by atoms with Crippen LogP contribution in [0.25, 0.3) is 0 Å². The highest BCUT2D eigenvalue weighted by Crippen LogP contribution is 2.23. The highest BCUT2D eigenvalue weighted by Gasteiger charge is 2.14. The monoisotopic (exact) mass is 200 g/mol. The molecule has 0 aliphatic rings. The van der Waals surface area contributed by atoms with E-state index in [0.29, 0.717) is 10.6 Å². The lowest BCUT2D eigenvalue weighted by Gasteiger charge is -2.04. The Labute approximate surface area is 80.5 Å². The number of thiazole rings is 1. The average Bonchev–Trinajstić information content (AvgIpc) is 2.46. The Hall–Kier alpha value is -1.14. The molecule has 0 atom stereocenters. The van der Waals surface area contributed by atoms with E-state index in [1.165, 1.54) is 11.3 Å². The summed E-state index contributed by atoms with van der Waals surface area (Å²) in [7, 11) is 3.75. The first-order valence-electron chi connectivity index (χ1n) is 3.72. The summed E-state index contributed by atoms with van der Waals surface area (Å²) in [6, 6.07) is 0. The van der Waals surface area contributed by atoms with E-state index in [-0.39, 0.29) is 5.91 Å². The van der Waals surface area contributed by atoms with Crippen LogP contribution in [0, 0.1) is 6.92 Å². The third-order valence-corrected chi connectivity index (χ3v) is 2.83. The normalized spacial score (nSPS) is 9.85. The van der Waals surface area contributed by atoms with Crippen LogP contribution < -0.4 is 16.2 Å². The lowest BCUT2D eigenvalue weighted by atomic mass is 10.4. The Kier molecular flexibility index (Phi) is 2.84. The molecule has 72 valence electrons. The lowest BCUT2D eigenvalue weighted by molar-refractivity contribution is 0.0957. The molecule has 13 heavy (non-hydrogen) atoms. The molecule has 1 amide bonds. The molecule has 6 heteroatoms. The van der Waals surface area contributed by atoms with Crippen LogP contribution >= 0.6 is 11.3 Å². The molecule has 0 aromatic carbocycles. The fraction of sp³-hybridized carbons (Fsp3) is 0.429. The largest absolute Gasteiger partial charge is 0.354 e. The van der Waals surface area contributed by atoms with Gasteiger partial charge in [0.05, 0.1) is 5.69 Å². The van der Waals surface area contributed by atoms with Gasteiger partial charge in [-0.05, 0) is 6.92 Å². The van der Waals surface area contributed by atoms with Gasteiger partial charge >= 0.3 is 0 Å². The number of nitrogens with one attached hydrogen (secondary N) is 1. The first kappa shape index (κ1) is 9.94. The second-order valence-corrected chi connectivity index (χ2v) is 3.76. The van der Waals surface area contributed by atoms with Crippen molar-refractivity contribution in [2.75, 3.05) is 19.0 Å². The van der Waals surface area contributed by atoms with Crippen LogP contribution in [0.4, 0.5) is 5.13 Å². The molecule has 5 nitrogen and oxygen atoms in total. The summed E-state index contributed by atoms with van der Waals surface area (Å²) >= 11 is 1.32. The van der Waals surface area contributed by atoms with E-state index >= 15 is 0 Å². The maximum Gasteiger partial charge on any atom is 0.277 e. The zero-order valence-electron chi connectivity index (χ0n) is 7.79. The average molecular weight is 200 g/mol. The number of carbonyl (C=O) groups is 1. The minimum atomic E-state index is -0.289. The molecule has 3 N–H and O–H groups in total.